The van der Waals surface area contributed by atoms with Crippen molar-refractivity contribution in [3.63, 3.8) is 0 Å². The Morgan fingerprint density at radius 3 is 2.64 bits per heavy atom. The van der Waals surface area contributed by atoms with E-state index in [9.17, 15) is 13.2 Å². The maximum atomic E-state index is 15.4. The first-order valence-corrected chi connectivity index (χ1v) is 14.8. The molecule has 10 nitrogen and oxygen atoms in total. The second-order valence-corrected chi connectivity index (χ2v) is 12.0. The molecule has 0 spiro atoms. The minimum Gasteiger partial charge on any atom is -0.496 e. The molecule has 4 aromatic rings. The number of anilines is 4. The summed E-state index contributed by atoms with van der Waals surface area (Å²) < 4.78 is 48.6. The Hall–Kier alpha value is -4.55. The number of ether oxygens (including phenoxy) is 1. The monoisotopic (exact) mass is 590 g/mol. The Labute approximate surface area is 243 Å². The van der Waals surface area contributed by atoms with Gasteiger partial charge in [-0.3, -0.25) is 4.79 Å². The van der Waals surface area contributed by atoms with Crippen LogP contribution in [0.5, 0.6) is 5.75 Å². The molecule has 0 aliphatic carbocycles. The highest BCUT2D eigenvalue weighted by atomic mass is 32.2. The van der Waals surface area contributed by atoms with Crippen LogP contribution in [-0.2, 0) is 20.2 Å². The van der Waals surface area contributed by atoms with Crippen molar-refractivity contribution < 1.29 is 22.3 Å². The van der Waals surface area contributed by atoms with E-state index < -0.39 is 27.2 Å². The molecule has 12 heteroatoms. The molecule has 2 heterocycles. The molecule has 1 aromatic heterocycles. The highest BCUT2D eigenvalue weighted by Crippen LogP contribution is 2.34. The minimum atomic E-state index is -3.67. The lowest BCUT2D eigenvalue weighted by molar-refractivity contribution is -0.120. The van der Waals surface area contributed by atoms with Crippen molar-refractivity contribution in [1.29, 1.82) is 0 Å². The lowest BCUT2D eigenvalue weighted by Crippen LogP contribution is -2.35. The number of fused-ring (bicyclic) bond motifs is 4. The quantitative estimate of drug-likeness (QED) is 0.254. The first kappa shape index (κ1) is 29.0. The van der Waals surface area contributed by atoms with Gasteiger partial charge < -0.3 is 20.7 Å². The first-order chi connectivity index (χ1) is 20.1. The molecule has 4 bridgehead atoms. The molecule has 5 rings (SSSR count). The number of rotatable bonds is 5. The second-order valence-electron chi connectivity index (χ2n) is 10.3. The van der Waals surface area contributed by atoms with E-state index in [-0.39, 0.29) is 23.1 Å². The number of hydrogen-bond donors (Lipinski definition) is 4. The normalized spacial score (nSPS) is 14.7. The molecule has 0 radical (unpaired) electrons. The average molecular weight is 591 g/mol. The third-order valence-electron chi connectivity index (χ3n) is 7.00. The highest BCUT2D eigenvalue weighted by molar-refractivity contribution is 7.89. The molecule has 42 heavy (non-hydrogen) atoms. The molecule has 0 fully saturated rings. The Morgan fingerprint density at radius 2 is 1.86 bits per heavy atom. The third kappa shape index (κ3) is 6.04. The molecule has 1 aliphatic heterocycles. The number of benzene rings is 3. The van der Waals surface area contributed by atoms with Crippen molar-refractivity contribution in [3.8, 4) is 16.9 Å². The van der Waals surface area contributed by atoms with Gasteiger partial charge in [-0.05, 0) is 62.2 Å². The van der Waals surface area contributed by atoms with Gasteiger partial charge in [-0.15, -0.1) is 0 Å². The van der Waals surface area contributed by atoms with Crippen LogP contribution in [0, 0.1) is 5.82 Å². The molecule has 1 aliphatic rings. The van der Waals surface area contributed by atoms with Crippen molar-refractivity contribution in [3.05, 3.63) is 84.3 Å². The van der Waals surface area contributed by atoms with Crippen LogP contribution in [0.15, 0.2) is 77.8 Å². The Kier molecular flexibility index (Phi) is 8.10. The fourth-order valence-corrected chi connectivity index (χ4v) is 5.71. The van der Waals surface area contributed by atoms with E-state index in [0.29, 0.717) is 46.9 Å². The van der Waals surface area contributed by atoms with Crippen LogP contribution < -0.4 is 25.4 Å². The fraction of sp³-hybridized carbons (Fsp3) is 0.233. The lowest BCUT2D eigenvalue weighted by atomic mass is 9.83. The molecule has 0 saturated heterocycles. The molecule has 0 saturated carbocycles. The molecular formula is C30H31FN6O4S. The fourth-order valence-electron chi connectivity index (χ4n) is 4.59. The molecule has 1 amide bonds. The van der Waals surface area contributed by atoms with Crippen LogP contribution in [0.4, 0.5) is 27.5 Å². The third-order valence-corrected chi connectivity index (χ3v) is 8.46. The second kappa shape index (κ2) is 11.7. The van der Waals surface area contributed by atoms with Gasteiger partial charge in [-0.25, -0.2) is 22.5 Å². The van der Waals surface area contributed by atoms with Gasteiger partial charge in [-0.1, -0.05) is 30.3 Å². The van der Waals surface area contributed by atoms with E-state index >= 15 is 4.39 Å². The Balaban J connectivity index is 1.41. The first-order valence-electron chi connectivity index (χ1n) is 13.3. The van der Waals surface area contributed by atoms with Gasteiger partial charge in [0.2, 0.25) is 21.9 Å². The number of aromatic nitrogens is 2. The van der Waals surface area contributed by atoms with Crippen LogP contribution in [0.1, 0.15) is 25.8 Å². The molecule has 4 N–H and O–H groups in total. The van der Waals surface area contributed by atoms with E-state index in [0.717, 1.165) is 0 Å². The standard InChI is InChI=1S/C30H31FN6O4S/c1-30(2,23-10-4-5-11-26(23)41-3)28(38)36-25-13-12-19(16-24(25)31)22-18-33-29-35-20-8-6-9-21(17-20)42(39,40)34-15-7-14-32-27(22)37-29/h4-6,8-13,16-18,34H,7,14-15H2,1-3H3,(H,36,38)(H2,32,33,35,37). The number of para-hydroxylation sites is 1. The minimum absolute atomic E-state index is 0.0333. The summed E-state index contributed by atoms with van der Waals surface area (Å²) in [5.74, 6) is 0.238. The highest BCUT2D eigenvalue weighted by Gasteiger charge is 2.33. The summed E-state index contributed by atoms with van der Waals surface area (Å²) in [6.45, 7) is 4.12. The van der Waals surface area contributed by atoms with Crippen LogP contribution >= 0.6 is 0 Å². The number of nitrogens with one attached hydrogen (secondary N) is 4. The molecule has 3 aromatic carbocycles. The topological polar surface area (TPSA) is 134 Å². The summed E-state index contributed by atoms with van der Waals surface area (Å²) in [7, 11) is -2.13. The van der Waals surface area contributed by atoms with Gasteiger partial charge in [0.05, 0.1) is 23.1 Å². The Bertz CT molecular complexity index is 1750. The summed E-state index contributed by atoms with van der Waals surface area (Å²) in [6.07, 6.45) is 2.04. The van der Waals surface area contributed by atoms with Gasteiger partial charge >= 0.3 is 0 Å². The van der Waals surface area contributed by atoms with Gasteiger partial charge in [0.15, 0.2) is 0 Å². The van der Waals surface area contributed by atoms with Gasteiger partial charge in [0, 0.05) is 36.1 Å². The van der Waals surface area contributed by atoms with Crippen LogP contribution in [0.2, 0.25) is 0 Å². The maximum absolute atomic E-state index is 15.4. The van der Waals surface area contributed by atoms with Gasteiger partial charge in [-0.2, -0.15) is 4.98 Å². The number of carbonyl (C=O) groups excluding carboxylic acids is 1. The maximum Gasteiger partial charge on any atom is 0.240 e. The number of halogens is 1. The summed E-state index contributed by atoms with van der Waals surface area (Å²) in [4.78, 5) is 22.3. The zero-order valence-corrected chi connectivity index (χ0v) is 24.2. The molecule has 0 atom stereocenters. The van der Waals surface area contributed by atoms with Crippen LogP contribution in [-0.4, -0.2) is 44.5 Å². The zero-order chi connectivity index (χ0) is 29.9. The Morgan fingerprint density at radius 1 is 1.05 bits per heavy atom. The average Bonchev–Trinajstić information content (AvgIpc) is 2.98. The van der Waals surface area contributed by atoms with E-state index in [1.807, 2.05) is 12.1 Å². The van der Waals surface area contributed by atoms with Crippen molar-refractivity contribution in [1.82, 2.24) is 14.7 Å². The van der Waals surface area contributed by atoms with Crippen LogP contribution in [0.25, 0.3) is 11.1 Å². The predicted octanol–water partition coefficient (Wildman–Crippen LogP) is 5.05. The number of methoxy groups -OCH3 is 1. The number of nitrogens with zero attached hydrogens (tertiary/aromatic N) is 2. The van der Waals surface area contributed by atoms with E-state index in [4.69, 9.17) is 4.74 Å². The number of carbonyl (C=O) groups is 1. The number of amides is 1. The van der Waals surface area contributed by atoms with Crippen LogP contribution in [0.3, 0.4) is 0 Å². The van der Waals surface area contributed by atoms with Gasteiger partial charge in [0.1, 0.15) is 17.4 Å². The smallest absolute Gasteiger partial charge is 0.240 e. The lowest BCUT2D eigenvalue weighted by Gasteiger charge is -2.26. The van der Waals surface area contributed by atoms with Crippen molar-refractivity contribution in [2.24, 2.45) is 0 Å². The van der Waals surface area contributed by atoms with E-state index in [1.54, 1.807) is 50.4 Å². The molecule has 218 valence electrons. The van der Waals surface area contributed by atoms with E-state index in [1.165, 1.54) is 31.4 Å². The summed E-state index contributed by atoms with van der Waals surface area (Å²) in [5, 5.41) is 8.95. The zero-order valence-electron chi connectivity index (χ0n) is 23.4. The SMILES string of the molecule is COc1ccccc1C(C)(C)C(=O)Nc1ccc(-c2cnc3nc2NCCCNS(=O)(=O)c2cccc(c2)N3)cc1F. The van der Waals surface area contributed by atoms with Gasteiger partial charge in [0.25, 0.3) is 0 Å². The number of hydrogen-bond acceptors (Lipinski definition) is 8. The number of sulfonamides is 1. The van der Waals surface area contributed by atoms with Crippen molar-refractivity contribution >= 4 is 39.1 Å². The molecular weight excluding hydrogens is 559 g/mol. The van der Waals surface area contributed by atoms with Crippen molar-refractivity contribution in [2.45, 2.75) is 30.6 Å². The van der Waals surface area contributed by atoms with Crippen molar-refractivity contribution in [2.75, 3.05) is 36.1 Å². The molecule has 0 unspecified atom stereocenters. The summed E-state index contributed by atoms with van der Waals surface area (Å²) in [6, 6.07) is 18.1. The van der Waals surface area contributed by atoms with E-state index in [2.05, 4.69) is 30.6 Å². The predicted molar refractivity (Wildman–Crippen MR) is 160 cm³/mol. The summed E-state index contributed by atoms with van der Waals surface area (Å²) in [5.41, 5.74) is 1.25. The largest absolute Gasteiger partial charge is 0.496 e. The summed E-state index contributed by atoms with van der Waals surface area (Å²) >= 11 is 0.